The molecule has 0 amide bonds. The largest absolute Gasteiger partial charge is 0.450 e. The third-order valence-electron chi connectivity index (χ3n) is 4.92. The number of nitro benzene ring substituents is 1. The SMILES string of the molecule is CN1CCN(S(=O)(=O)c2ccc(Oc3ccc(-c4nnco4)cc3)c([N+](=O)[O-])c2)CC1. The van der Waals surface area contributed by atoms with Gasteiger partial charge in [-0.05, 0) is 43.4 Å². The summed E-state index contributed by atoms with van der Waals surface area (Å²) < 4.78 is 37.9. The maximum atomic E-state index is 12.9. The minimum absolute atomic E-state index is 0.0622. The molecule has 0 unspecified atom stereocenters. The Bertz CT molecular complexity index is 1170. The first-order valence-corrected chi connectivity index (χ1v) is 10.8. The number of hydrogen-bond acceptors (Lipinski definition) is 9. The smallest absolute Gasteiger partial charge is 0.312 e. The van der Waals surface area contributed by atoms with Crippen LogP contribution in [-0.2, 0) is 10.0 Å². The number of nitro groups is 1. The Morgan fingerprint density at radius 1 is 1.10 bits per heavy atom. The van der Waals surface area contributed by atoms with Crippen LogP contribution in [0.5, 0.6) is 11.5 Å². The van der Waals surface area contributed by atoms with Crippen LogP contribution >= 0.6 is 0 Å². The van der Waals surface area contributed by atoms with Gasteiger partial charge in [-0.2, -0.15) is 4.31 Å². The Morgan fingerprint density at radius 3 is 2.42 bits per heavy atom. The second-order valence-corrected chi connectivity index (χ2v) is 8.90. The van der Waals surface area contributed by atoms with Crippen molar-refractivity contribution in [3.63, 3.8) is 0 Å². The first-order valence-electron chi connectivity index (χ1n) is 9.36. The van der Waals surface area contributed by atoms with Gasteiger partial charge in [0.1, 0.15) is 5.75 Å². The van der Waals surface area contributed by atoms with E-state index in [-0.39, 0.29) is 10.6 Å². The van der Waals surface area contributed by atoms with Crippen molar-refractivity contribution in [1.29, 1.82) is 0 Å². The van der Waals surface area contributed by atoms with Gasteiger partial charge in [0.2, 0.25) is 28.1 Å². The highest BCUT2D eigenvalue weighted by Gasteiger charge is 2.30. The van der Waals surface area contributed by atoms with Crippen molar-refractivity contribution < 1.29 is 22.5 Å². The van der Waals surface area contributed by atoms with Gasteiger partial charge < -0.3 is 14.1 Å². The highest BCUT2D eigenvalue weighted by Crippen LogP contribution is 2.35. The van der Waals surface area contributed by atoms with Crippen molar-refractivity contribution in [3.05, 3.63) is 59.0 Å². The average Bonchev–Trinajstić information content (AvgIpc) is 3.29. The zero-order valence-electron chi connectivity index (χ0n) is 16.5. The molecular weight excluding hydrogens is 426 g/mol. The number of benzene rings is 2. The lowest BCUT2D eigenvalue weighted by Gasteiger charge is -2.31. The molecule has 3 aromatic rings. The van der Waals surface area contributed by atoms with Gasteiger partial charge in [0.15, 0.2) is 0 Å². The van der Waals surface area contributed by atoms with Gasteiger partial charge in [-0.3, -0.25) is 10.1 Å². The Labute approximate surface area is 178 Å². The van der Waals surface area contributed by atoms with Crippen LogP contribution in [0.25, 0.3) is 11.5 Å². The molecule has 11 nitrogen and oxygen atoms in total. The second kappa shape index (κ2) is 8.41. The summed E-state index contributed by atoms with van der Waals surface area (Å²) in [5, 5.41) is 19.0. The summed E-state index contributed by atoms with van der Waals surface area (Å²) in [5.41, 5.74) is 0.226. The molecule has 31 heavy (non-hydrogen) atoms. The molecule has 0 aliphatic carbocycles. The molecule has 162 valence electrons. The van der Waals surface area contributed by atoms with Crippen molar-refractivity contribution in [2.45, 2.75) is 4.90 Å². The van der Waals surface area contributed by atoms with Gasteiger partial charge in [-0.25, -0.2) is 8.42 Å². The predicted octanol–water partition coefficient (Wildman–Crippen LogP) is 2.37. The highest BCUT2D eigenvalue weighted by atomic mass is 32.2. The molecule has 0 spiro atoms. The van der Waals surface area contributed by atoms with E-state index in [1.807, 2.05) is 11.9 Å². The lowest BCUT2D eigenvalue weighted by molar-refractivity contribution is -0.385. The van der Waals surface area contributed by atoms with E-state index in [1.54, 1.807) is 24.3 Å². The van der Waals surface area contributed by atoms with Crippen LogP contribution < -0.4 is 4.74 Å². The standard InChI is InChI=1S/C19H19N5O6S/c1-22-8-10-23(11-9-22)31(27,28)16-6-7-18(17(12-16)24(25)26)30-15-4-2-14(3-5-15)19-21-20-13-29-19/h2-7,12-13H,8-11H2,1H3. The van der Waals surface area contributed by atoms with Crippen LogP contribution in [0.3, 0.4) is 0 Å². The van der Waals surface area contributed by atoms with E-state index in [4.69, 9.17) is 9.15 Å². The van der Waals surface area contributed by atoms with Crippen molar-refractivity contribution in [2.75, 3.05) is 33.2 Å². The van der Waals surface area contributed by atoms with Gasteiger partial charge in [0, 0.05) is 37.8 Å². The van der Waals surface area contributed by atoms with Crippen molar-refractivity contribution in [1.82, 2.24) is 19.4 Å². The molecule has 1 fully saturated rings. The molecule has 1 aliphatic heterocycles. The molecule has 4 rings (SSSR count). The minimum Gasteiger partial charge on any atom is -0.450 e. The van der Waals surface area contributed by atoms with Crippen molar-refractivity contribution in [3.8, 4) is 23.0 Å². The Hall–Kier alpha value is -3.35. The van der Waals surface area contributed by atoms with E-state index in [0.717, 1.165) is 6.07 Å². The molecule has 2 heterocycles. The number of ether oxygens (including phenoxy) is 1. The first kappa shape index (κ1) is 20.9. The number of aromatic nitrogens is 2. The Morgan fingerprint density at radius 2 is 1.81 bits per heavy atom. The van der Waals surface area contributed by atoms with Crippen LogP contribution in [0.15, 0.2) is 58.2 Å². The molecule has 0 N–H and O–H groups in total. The van der Waals surface area contributed by atoms with Crippen LogP contribution in [0, 0.1) is 10.1 Å². The number of nitrogens with zero attached hydrogens (tertiary/aromatic N) is 5. The van der Waals surface area contributed by atoms with Gasteiger partial charge in [0.25, 0.3) is 0 Å². The monoisotopic (exact) mass is 445 g/mol. The second-order valence-electron chi connectivity index (χ2n) is 6.96. The number of sulfonamides is 1. The number of rotatable bonds is 6. The van der Waals surface area contributed by atoms with Crippen molar-refractivity contribution >= 4 is 15.7 Å². The van der Waals surface area contributed by atoms with Gasteiger partial charge in [-0.15, -0.1) is 10.2 Å². The van der Waals surface area contributed by atoms with Crippen LogP contribution in [0.4, 0.5) is 5.69 Å². The van der Waals surface area contributed by atoms with Gasteiger partial charge in [-0.1, -0.05) is 0 Å². The molecule has 2 aromatic carbocycles. The zero-order valence-corrected chi connectivity index (χ0v) is 17.4. The van der Waals surface area contributed by atoms with Crippen molar-refractivity contribution in [2.24, 2.45) is 0 Å². The molecule has 0 radical (unpaired) electrons. The summed E-state index contributed by atoms with van der Waals surface area (Å²) in [6, 6.07) is 10.2. The zero-order chi connectivity index (χ0) is 22.0. The molecule has 1 saturated heterocycles. The molecule has 1 aliphatic rings. The van der Waals surface area contributed by atoms with E-state index >= 15 is 0 Å². The summed E-state index contributed by atoms with van der Waals surface area (Å²) in [7, 11) is -1.93. The molecule has 1 aromatic heterocycles. The van der Waals surface area contributed by atoms with Crippen LogP contribution in [0.1, 0.15) is 0 Å². The molecule has 0 bridgehead atoms. The predicted molar refractivity (Wildman–Crippen MR) is 109 cm³/mol. The normalized spacial score (nSPS) is 15.6. The fraction of sp³-hybridized carbons (Fsp3) is 0.263. The number of likely N-dealkylation sites (N-methyl/N-ethyl adjacent to an activating group) is 1. The molecule has 12 heteroatoms. The minimum atomic E-state index is -3.84. The number of piperazine rings is 1. The summed E-state index contributed by atoms with van der Waals surface area (Å²) in [5.74, 6) is 0.602. The van der Waals surface area contributed by atoms with Crippen LogP contribution in [0.2, 0.25) is 0 Å². The summed E-state index contributed by atoms with van der Waals surface area (Å²) in [6.07, 6.45) is 1.21. The summed E-state index contributed by atoms with van der Waals surface area (Å²) in [6.45, 7) is 1.86. The fourth-order valence-corrected chi connectivity index (χ4v) is 4.60. The van der Waals surface area contributed by atoms with Gasteiger partial charge >= 0.3 is 5.69 Å². The first-order chi connectivity index (χ1) is 14.8. The third kappa shape index (κ3) is 4.40. The third-order valence-corrected chi connectivity index (χ3v) is 6.81. The van der Waals surface area contributed by atoms with Gasteiger partial charge in [0.05, 0.1) is 9.82 Å². The van der Waals surface area contributed by atoms with E-state index < -0.39 is 20.6 Å². The van der Waals surface area contributed by atoms with E-state index in [1.165, 1.54) is 22.8 Å². The molecule has 0 atom stereocenters. The lowest BCUT2D eigenvalue weighted by Crippen LogP contribution is -2.47. The average molecular weight is 445 g/mol. The molecular formula is C19H19N5O6S. The summed E-state index contributed by atoms with van der Waals surface area (Å²) >= 11 is 0. The molecule has 0 saturated carbocycles. The highest BCUT2D eigenvalue weighted by molar-refractivity contribution is 7.89. The maximum absolute atomic E-state index is 12.9. The lowest BCUT2D eigenvalue weighted by atomic mass is 10.2. The van der Waals surface area contributed by atoms with E-state index in [2.05, 4.69) is 10.2 Å². The Balaban J connectivity index is 1.58. The Kier molecular flexibility index (Phi) is 5.67. The maximum Gasteiger partial charge on any atom is 0.312 e. The topological polar surface area (TPSA) is 132 Å². The summed E-state index contributed by atoms with van der Waals surface area (Å²) in [4.78, 5) is 12.8. The van der Waals surface area contributed by atoms with E-state index in [0.29, 0.717) is 43.4 Å². The van der Waals surface area contributed by atoms with Crippen LogP contribution in [-0.4, -0.2) is 66.0 Å². The number of hydrogen-bond donors (Lipinski definition) is 0. The quantitative estimate of drug-likeness (QED) is 0.414. The fourth-order valence-electron chi connectivity index (χ4n) is 3.16. The van der Waals surface area contributed by atoms with E-state index in [9.17, 15) is 18.5 Å².